The minimum Gasteiger partial charge on any atom is -0.490 e. The number of hydrogen-bond donors (Lipinski definition) is 0. The number of carbonyl (C=O) groups is 1. The molecule has 0 N–H and O–H groups in total. The van der Waals surface area contributed by atoms with Gasteiger partial charge in [-0.1, -0.05) is 39.5 Å². The predicted octanol–water partition coefficient (Wildman–Crippen LogP) is 9.95. The van der Waals surface area contributed by atoms with Gasteiger partial charge in [0.15, 0.2) is 17.3 Å². The predicted molar refractivity (Wildman–Crippen MR) is 143 cm³/mol. The maximum absolute atomic E-state index is 14.8. The zero-order chi connectivity index (χ0) is 26.4. The highest BCUT2D eigenvalue weighted by molar-refractivity contribution is 5.97. The molecule has 0 aliphatic heterocycles. The number of ether oxygens (including phenoxy) is 1. The topological polar surface area (TPSA) is 26.3 Å². The summed E-state index contributed by atoms with van der Waals surface area (Å²) in [5, 5.41) is 0. The number of hydrogen-bond acceptors (Lipinski definition) is 2. The lowest BCUT2D eigenvalue weighted by molar-refractivity contribution is 0.0939. The molecule has 0 amide bonds. The van der Waals surface area contributed by atoms with Crippen molar-refractivity contribution < 1.29 is 22.7 Å². The second kappa shape index (κ2) is 13.5. The fourth-order valence-electron chi connectivity index (χ4n) is 7.81. The third-order valence-corrected chi connectivity index (χ3v) is 10.1. The number of ketones is 1. The quantitative estimate of drug-likeness (QED) is 0.287. The molecule has 0 bridgehead atoms. The van der Waals surface area contributed by atoms with E-state index >= 15 is 0 Å². The summed E-state index contributed by atoms with van der Waals surface area (Å²) in [6.07, 6.45) is 15.7. The van der Waals surface area contributed by atoms with Crippen molar-refractivity contribution in [3.05, 3.63) is 29.1 Å². The second-order valence-corrected chi connectivity index (χ2v) is 12.3. The fourth-order valence-corrected chi connectivity index (χ4v) is 7.81. The molecule has 208 valence electrons. The Bertz CT molecular complexity index is 861. The molecule has 37 heavy (non-hydrogen) atoms. The highest BCUT2D eigenvalue weighted by atomic mass is 19.3. The van der Waals surface area contributed by atoms with Crippen LogP contribution in [0.25, 0.3) is 0 Å². The Morgan fingerprint density at radius 3 is 1.76 bits per heavy atom. The van der Waals surface area contributed by atoms with Gasteiger partial charge in [-0.2, -0.15) is 0 Å². The normalized spacial score (nSPS) is 30.9. The van der Waals surface area contributed by atoms with Gasteiger partial charge in [-0.3, -0.25) is 4.79 Å². The lowest BCUT2D eigenvalue weighted by atomic mass is 9.65. The van der Waals surface area contributed by atoms with Gasteiger partial charge in [0.2, 0.25) is 0 Å². The highest BCUT2D eigenvalue weighted by Crippen LogP contribution is 2.46. The number of benzene rings is 1. The van der Waals surface area contributed by atoms with E-state index in [-0.39, 0.29) is 17.7 Å². The lowest BCUT2D eigenvalue weighted by Gasteiger charge is -2.41. The minimum atomic E-state index is -3.05. The van der Waals surface area contributed by atoms with Crippen LogP contribution in [0.2, 0.25) is 0 Å². The van der Waals surface area contributed by atoms with E-state index in [0.29, 0.717) is 12.5 Å². The third kappa shape index (κ3) is 7.12. The van der Waals surface area contributed by atoms with E-state index in [2.05, 4.69) is 6.92 Å². The Balaban J connectivity index is 1.20. The summed E-state index contributed by atoms with van der Waals surface area (Å²) < 4.78 is 47.5. The van der Waals surface area contributed by atoms with E-state index in [9.17, 15) is 18.0 Å². The van der Waals surface area contributed by atoms with Gasteiger partial charge in [0.05, 0.1) is 12.2 Å². The van der Waals surface area contributed by atoms with Gasteiger partial charge in [0.25, 0.3) is 6.43 Å². The van der Waals surface area contributed by atoms with Crippen LogP contribution in [0.1, 0.15) is 133 Å². The van der Waals surface area contributed by atoms with E-state index in [1.54, 1.807) is 6.92 Å². The van der Waals surface area contributed by atoms with Crippen LogP contribution >= 0.6 is 0 Å². The smallest absolute Gasteiger partial charge is 0.267 e. The maximum Gasteiger partial charge on any atom is 0.267 e. The Morgan fingerprint density at radius 2 is 1.30 bits per heavy atom. The largest absolute Gasteiger partial charge is 0.490 e. The van der Waals surface area contributed by atoms with Crippen molar-refractivity contribution in [3.8, 4) is 5.75 Å². The van der Waals surface area contributed by atoms with Crippen LogP contribution in [0, 0.1) is 41.3 Å². The Kier molecular flexibility index (Phi) is 10.4. The summed E-state index contributed by atoms with van der Waals surface area (Å²) in [5.74, 6) is 3.17. The Labute approximate surface area is 222 Å². The summed E-state index contributed by atoms with van der Waals surface area (Å²) in [6.45, 7) is 4.25. The third-order valence-electron chi connectivity index (χ3n) is 10.1. The molecule has 0 saturated heterocycles. The first-order valence-corrected chi connectivity index (χ1v) is 15.2. The van der Waals surface area contributed by atoms with Gasteiger partial charge in [0.1, 0.15) is 0 Å². The number of Topliss-reactive ketones (excluding diaryl/α,β-unsaturated/α-hetero) is 1. The van der Waals surface area contributed by atoms with Crippen LogP contribution in [-0.2, 0) is 0 Å². The highest BCUT2D eigenvalue weighted by Gasteiger charge is 2.35. The van der Waals surface area contributed by atoms with E-state index in [0.717, 1.165) is 42.4 Å². The summed E-state index contributed by atoms with van der Waals surface area (Å²) >= 11 is 0. The molecule has 4 rings (SSSR count). The SMILES string of the molecule is CCCC1CCC(C2CCC(C3CCC(COc4ccc(C(=O)CC)c(C(F)F)c4F)CC3)CC2)CC1. The summed E-state index contributed by atoms with van der Waals surface area (Å²) in [5.41, 5.74) is -1.06. The van der Waals surface area contributed by atoms with Crippen molar-refractivity contribution in [2.75, 3.05) is 6.61 Å². The van der Waals surface area contributed by atoms with E-state index < -0.39 is 23.6 Å². The molecular weight excluding hydrogens is 473 g/mol. The number of alkyl halides is 2. The lowest BCUT2D eigenvalue weighted by Crippen LogP contribution is -2.30. The van der Waals surface area contributed by atoms with Crippen LogP contribution in [0.5, 0.6) is 5.75 Å². The monoisotopic (exact) mass is 520 g/mol. The van der Waals surface area contributed by atoms with Crippen molar-refractivity contribution >= 4 is 5.78 Å². The van der Waals surface area contributed by atoms with Gasteiger partial charge in [-0.15, -0.1) is 0 Å². The minimum absolute atomic E-state index is 0.0598. The number of carbonyl (C=O) groups excluding carboxylic acids is 1. The van der Waals surface area contributed by atoms with Crippen molar-refractivity contribution in [1.29, 1.82) is 0 Å². The van der Waals surface area contributed by atoms with Gasteiger partial charge < -0.3 is 4.74 Å². The number of halogens is 3. The summed E-state index contributed by atoms with van der Waals surface area (Å²) in [6, 6.07) is 2.63. The van der Waals surface area contributed by atoms with Gasteiger partial charge in [0, 0.05) is 12.0 Å². The first-order chi connectivity index (χ1) is 17.9. The molecular formula is C32H47F3O2. The van der Waals surface area contributed by atoms with E-state index in [1.807, 2.05) is 0 Å². The standard InChI is InChI=1S/C32H47F3O2/c1-3-5-21-6-10-23(11-7-21)25-14-16-26(17-15-25)24-12-8-22(9-13-24)20-37-29-19-18-27(28(36)4-2)30(31(29)33)32(34)35/h18-19,21-26,32H,3-17,20H2,1-2H3. The molecule has 5 heteroatoms. The molecule has 3 aliphatic carbocycles. The first kappa shape index (κ1) is 28.5. The molecule has 0 spiro atoms. The van der Waals surface area contributed by atoms with Crippen molar-refractivity contribution in [2.24, 2.45) is 35.5 Å². The van der Waals surface area contributed by atoms with E-state index in [4.69, 9.17) is 4.74 Å². The average Bonchev–Trinajstić information content (AvgIpc) is 2.92. The van der Waals surface area contributed by atoms with Gasteiger partial charge in [-0.25, -0.2) is 13.2 Å². The molecule has 3 fully saturated rings. The first-order valence-electron chi connectivity index (χ1n) is 15.2. The van der Waals surface area contributed by atoms with Crippen molar-refractivity contribution in [2.45, 2.75) is 117 Å². The van der Waals surface area contributed by atoms with Gasteiger partial charge >= 0.3 is 0 Å². The Morgan fingerprint density at radius 1 is 0.811 bits per heavy atom. The zero-order valence-electron chi connectivity index (χ0n) is 23.0. The maximum atomic E-state index is 14.8. The van der Waals surface area contributed by atoms with Crippen molar-refractivity contribution in [1.82, 2.24) is 0 Å². The molecule has 0 atom stereocenters. The molecule has 0 aromatic heterocycles. The zero-order valence-corrected chi connectivity index (χ0v) is 23.0. The van der Waals surface area contributed by atoms with Crippen LogP contribution in [0.4, 0.5) is 13.2 Å². The molecule has 3 saturated carbocycles. The van der Waals surface area contributed by atoms with E-state index in [1.165, 1.54) is 89.2 Å². The average molecular weight is 521 g/mol. The van der Waals surface area contributed by atoms with Gasteiger partial charge in [-0.05, 0) is 112 Å². The molecule has 3 aliphatic rings. The molecule has 0 heterocycles. The van der Waals surface area contributed by atoms with Crippen molar-refractivity contribution in [3.63, 3.8) is 0 Å². The molecule has 0 radical (unpaired) electrons. The Hall–Kier alpha value is -1.52. The van der Waals surface area contributed by atoms with Crippen LogP contribution in [-0.4, -0.2) is 12.4 Å². The van der Waals surface area contributed by atoms with Crippen LogP contribution < -0.4 is 4.74 Å². The van der Waals surface area contributed by atoms with Crippen LogP contribution in [0.15, 0.2) is 12.1 Å². The molecule has 1 aromatic rings. The van der Waals surface area contributed by atoms with Crippen LogP contribution in [0.3, 0.4) is 0 Å². The molecule has 0 unspecified atom stereocenters. The summed E-state index contributed by atoms with van der Waals surface area (Å²) in [7, 11) is 0. The number of rotatable bonds is 10. The molecule has 1 aromatic carbocycles. The fraction of sp³-hybridized carbons (Fsp3) is 0.781. The molecule has 2 nitrogen and oxygen atoms in total. The second-order valence-electron chi connectivity index (χ2n) is 12.3. The summed E-state index contributed by atoms with van der Waals surface area (Å²) in [4.78, 5) is 12.0.